The number of aromatic nitrogens is 1. The Hall–Kier alpha value is -2.29. The number of carboxylic acid groups (broad SMARTS) is 1. The minimum Gasteiger partial charge on any atom is -0.545 e. The average molecular weight is 224 g/mol. The van der Waals surface area contributed by atoms with Crippen molar-refractivity contribution in [1.29, 1.82) is 0 Å². The van der Waals surface area contributed by atoms with Crippen molar-refractivity contribution in [2.24, 2.45) is 7.05 Å². The van der Waals surface area contributed by atoms with Gasteiger partial charge in [0.25, 0.3) is 0 Å². The molecule has 3 aromatic rings. The Labute approximate surface area is 97.9 Å². The van der Waals surface area contributed by atoms with E-state index in [9.17, 15) is 9.90 Å². The van der Waals surface area contributed by atoms with Crippen LogP contribution in [0.3, 0.4) is 0 Å². The van der Waals surface area contributed by atoms with Crippen LogP contribution in [0.25, 0.3) is 21.8 Å². The van der Waals surface area contributed by atoms with E-state index in [4.69, 9.17) is 0 Å². The summed E-state index contributed by atoms with van der Waals surface area (Å²) >= 11 is 0. The van der Waals surface area contributed by atoms with E-state index >= 15 is 0 Å². The van der Waals surface area contributed by atoms with Crippen molar-refractivity contribution < 1.29 is 9.90 Å². The molecule has 0 atom stereocenters. The van der Waals surface area contributed by atoms with Gasteiger partial charge in [0.2, 0.25) is 0 Å². The lowest BCUT2D eigenvalue weighted by Gasteiger charge is -2.02. The highest BCUT2D eigenvalue weighted by Gasteiger charge is 2.07. The molecule has 0 spiro atoms. The maximum atomic E-state index is 10.9. The van der Waals surface area contributed by atoms with Crippen molar-refractivity contribution in [3.8, 4) is 0 Å². The summed E-state index contributed by atoms with van der Waals surface area (Å²) in [5.74, 6) is -1.14. The molecule has 0 aliphatic carbocycles. The van der Waals surface area contributed by atoms with Gasteiger partial charge in [0, 0.05) is 28.9 Å². The third-order valence-electron chi connectivity index (χ3n) is 3.15. The highest BCUT2D eigenvalue weighted by Crippen LogP contribution is 2.28. The fourth-order valence-electron chi connectivity index (χ4n) is 2.29. The van der Waals surface area contributed by atoms with E-state index in [1.807, 2.05) is 37.4 Å². The second-order valence-electron chi connectivity index (χ2n) is 4.10. The van der Waals surface area contributed by atoms with Gasteiger partial charge in [0.15, 0.2) is 0 Å². The summed E-state index contributed by atoms with van der Waals surface area (Å²) in [6.45, 7) is 0. The van der Waals surface area contributed by atoms with E-state index in [0.29, 0.717) is 0 Å². The fraction of sp³-hybridized carbons (Fsp3) is 0.0714. The largest absolute Gasteiger partial charge is 0.545 e. The molecule has 0 fully saturated rings. The number of nitrogens with zero attached hydrogens (tertiary/aromatic N) is 1. The van der Waals surface area contributed by atoms with Crippen molar-refractivity contribution in [2.75, 3.05) is 0 Å². The lowest BCUT2D eigenvalue weighted by atomic mass is 10.1. The SMILES string of the molecule is Cn1c2ccccc2c2cc(C(=O)[O-])ccc21. The van der Waals surface area contributed by atoms with E-state index in [-0.39, 0.29) is 5.56 Å². The van der Waals surface area contributed by atoms with E-state index in [2.05, 4.69) is 4.57 Å². The van der Waals surface area contributed by atoms with E-state index < -0.39 is 5.97 Å². The summed E-state index contributed by atoms with van der Waals surface area (Å²) < 4.78 is 2.06. The van der Waals surface area contributed by atoms with Crippen molar-refractivity contribution in [1.82, 2.24) is 4.57 Å². The summed E-state index contributed by atoms with van der Waals surface area (Å²) in [6.07, 6.45) is 0. The molecule has 0 saturated carbocycles. The number of carboxylic acids is 1. The van der Waals surface area contributed by atoms with Crippen molar-refractivity contribution in [3.05, 3.63) is 48.0 Å². The van der Waals surface area contributed by atoms with Crippen molar-refractivity contribution in [3.63, 3.8) is 0 Å². The molecule has 0 aliphatic rings. The fourth-order valence-corrected chi connectivity index (χ4v) is 2.29. The number of aryl methyl sites for hydroxylation is 1. The van der Waals surface area contributed by atoms with Crippen LogP contribution in [0.4, 0.5) is 0 Å². The number of hydrogen-bond donors (Lipinski definition) is 0. The van der Waals surface area contributed by atoms with Crippen LogP contribution in [0.5, 0.6) is 0 Å². The van der Waals surface area contributed by atoms with Gasteiger partial charge < -0.3 is 14.5 Å². The zero-order chi connectivity index (χ0) is 12.0. The first-order chi connectivity index (χ1) is 8.18. The molecule has 0 saturated heterocycles. The number of aromatic carboxylic acids is 1. The molecular weight excluding hydrogens is 214 g/mol. The molecule has 17 heavy (non-hydrogen) atoms. The monoisotopic (exact) mass is 224 g/mol. The number of carbonyl (C=O) groups is 1. The lowest BCUT2D eigenvalue weighted by molar-refractivity contribution is -0.255. The lowest BCUT2D eigenvalue weighted by Crippen LogP contribution is -2.21. The Balaban J connectivity index is 2.50. The van der Waals surface area contributed by atoms with Gasteiger partial charge in [-0.2, -0.15) is 0 Å². The second kappa shape index (κ2) is 3.35. The van der Waals surface area contributed by atoms with Crippen molar-refractivity contribution >= 4 is 27.8 Å². The van der Waals surface area contributed by atoms with Gasteiger partial charge in [-0.25, -0.2) is 0 Å². The molecule has 3 heteroatoms. The highest BCUT2D eigenvalue weighted by molar-refractivity contribution is 6.09. The predicted octanol–water partition coefficient (Wildman–Crippen LogP) is 1.69. The molecule has 3 rings (SSSR count). The zero-order valence-corrected chi connectivity index (χ0v) is 9.31. The second-order valence-corrected chi connectivity index (χ2v) is 4.10. The zero-order valence-electron chi connectivity index (χ0n) is 9.31. The minimum absolute atomic E-state index is 0.217. The first-order valence-electron chi connectivity index (χ1n) is 5.37. The van der Waals surface area contributed by atoms with Crippen LogP contribution in [-0.4, -0.2) is 10.5 Å². The molecule has 0 radical (unpaired) electrons. The number of rotatable bonds is 1. The quantitative estimate of drug-likeness (QED) is 0.631. The third kappa shape index (κ3) is 1.32. The van der Waals surface area contributed by atoms with Gasteiger partial charge >= 0.3 is 0 Å². The topological polar surface area (TPSA) is 45.1 Å². The molecule has 1 heterocycles. The molecule has 0 amide bonds. The molecule has 2 aromatic carbocycles. The molecule has 0 N–H and O–H groups in total. The van der Waals surface area contributed by atoms with Gasteiger partial charge in [0.1, 0.15) is 0 Å². The smallest absolute Gasteiger partial charge is 0.0715 e. The molecule has 0 unspecified atom stereocenters. The molecular formula is C14H10NO2-. The summed E-state index contributed by atoms with van der Waals surface area (Å²) in [5, 5.41) is 12.9. The molecule has 1 aromatic heterocycles. The molecule has 84 valence electrons. The van der Waals surface area contributed by atoms with E-state index in [1.165, 1.54) is 0 Å². The first-order valence-corrected chi connectivity index (χ1v) is 5.37. The third-order valence-corrected chi connectivity index (χ3v) is 3.15. The van der Waals surface area contributed by atoms with Crippen LogP contribution in [0.15, 0.2) is 42.5 Å². The summed E-state index contributed by atoms with van der Waals surface area (Å²) in [4.78, 5) is 10.9. The number of benzene rings is 2. The van der Waals surface area contributed by atoms with Crippen LogP contribution >= 0.6 is 0 Å². The van der Waals surface area contributed by atoms with Crippen LogP contribution in [-0.2, 0) is 7.05 Å². The van der Waals surface area contributed by atoms with Crippen LogP contribution in [0, 0.1) is 0 Å². The summed E-state index contributed by atoms with van der Waals surface area (Å²) in [6, 6.07) is 13.0. The van der Waals surface area contributed by atoms with Crippen LogP contribution < -0.4 is 5.11 Å². The Morgan fingerprint density at radius 3 is 2.53 bits per heavy atom. The van der Waals surface area contributed by atoms with Crippen LogP contribution in [0.1, 0.15) is 10.4 Å². The van der Waals surface area contributed by atoms with Gasteiger partial charge in [-0.15, -0.1) is 0 Å². The Bertz CT molecular complexity index is 740. The standard InChI is InChI=1S/C14H11NO2/c1-15-12-5-3-2-4-10(12)11-8-9(14(16)17)6-7-13(11)15/h2-8H,1H3,(H,16,17)/p-1. The summed E-state index contributed by atoms with van der Waals surface area (Å²) in [7, 11) is 1.98. The van der Waals surface area contributed by atoms with Gasteiger partial charge in [-0.05, 0) is 23.8 Å². The highest BCUT2D eigenvalue weighted by atomic mass is 16.4. The Morgan fingerprint density at radius 2 is 1.76 bits per heavy atom. The molecule has 3 nitrogen and oxygen atoms in total. The van der Waals surface area contributed by atoms with Crippen LogP contribution in [0.2, 0.25) is 0 Å². The Morgan fingerprint density at radius 1 is 1.06 bits per heavy atom. The van der Waals surface area contributed by atoms with Gasteiger partial charge in [-0.3, -0.25) is 0 Å². The first kappa shape index (κ1) is 9.90. The summed E-state index contributed by atoms with van der Waals surface area (Å²) in [5.41, 5.74) is 2.34. The van der Waals surface area contributed by atoms with E-state index in [1.54, 1.807) is 12.1 Å². The number of hydrogen-bond acceptors (Lipinski definition) is 2. The minimum atomic E-state index is -1.14. The normalized spacial score (nSPS) is 11.1. The number of para-hydroxylation sites is 1. The maximum absolute atomic E-state index is 10.9. The number of fused-ring (bicyclic) bond motifs is 3. The molecule has 0 aliphatic heterocycles. The maximum Gasteiger partial charge on any atom is 0.0715 e. The average Bonchev–Trinajstić information content (AvgIpc) is 2.64. The number of carbonyl (C=O) groups excluding carboxylic acids is 1. The van der Waals surface area contributed by atoms with Gasteiger partial charge in [0.05, 0.1) is 5.97 Å². The van der Waals surface area contributed by atoms with Gasteiger partial charge in [-0.1, -0.05) is 24.3 Å². The predicted molar refractivity (Wildman–Crippen MR) is 64.8 cm³/mol. The van der Waals surface area contributed by atoms with E-state index in [0.717, 1.165) is 21.8 Å². The van der Waals surface area contributed by atoms with Crippen molar-refractivity contribution in [2.45, 2.75) is 0 Å². The Kier molecular flexibility index (Phi) is 1.95. The molecule has 0 bridgehead atoms.